The second-order valence-corrected chi connectivity index (χ2v) is 7.52. The van der Waals surface area contributed by atoms with Crippen LogP contribution in [0.2, 0.25) is 0 Å². The van der Waals surface area contributed by atoms with Crippen LogP contribution >= 0.6 is 0 Å². The maximum atomic E-state index is 5.86. The molecule has 3 fully saturated rings. The predicted molar refractivity (Wildman–Crippen MR) is 82.9 cm³/mol. The summed E-state index contributed by atoms with van der Waals surface area (Å²) in [5, 5.41) is 3.60. The van der Waals surface area contributed by atoms with Gasteiger partial charge in [-0.1, -0.05) is 6.92 Å². The minimum Gasteiger partial charge on any atom is -0.381 e. The van der Waals surface area contributed by atoms with Crippen LogP contribution in [0, 0.1) is 17.3 Å². The fourth-order valence-corrected chi connectivity index (χ4v) is 3.63. The van der Waals surface area contributed by atoms with E-state index in [1.54, 1.807) is 0 Å². The Morgan fingerprint density at radius 3 is 2.35 bits per heavy atom. The molecule has 0 amide bonds. The third-order valence-corrected chi connectivity index (χ3v) is 5.14. The Morgan fingerprint density at radius 2 is 1.85 bits per heavy atom. The lowest BCUT2D eigenvalue weighted by molar-refractivity contribution is -0.0273. The van der Waals surface area contributed by atoms with Gasteiger partial charge in [0.2, 0.25) is 0 Å². The van der Waals surface area contributed by atoms with Crippen molar-refractivity contribution in [2.45, 2.75) is 45.4 Å². The Hall–Kier alpha value is -0.120. The van der Waals surface area contributed by atoms with Gasteiger partial charge in [0, 0.05) is 38.2 Å². The Bertz CT molecular complexity index is 279. The fourth-order valence-electron chi connectivity index (χ4n) is 3.63. The van der Waals surface area contributed by atoms with Crippen LogP contribution in [0.4, 0.5) is 0 Å². The van der Waals surface area contributed by atoms with E-state index in [0.717, 1.165) is 38.1 Å². The highest BCUT2D eigenvalue weighted by Gasteiger charge is 2.37. The molecule has 0 aromatic heterocycles. The molecule has 20 heavy (non-hydrogen) atoms. The highest BCUT2D eigenvalue weighted by Crippen LogP contribution is 2.36. The van der Waals surface area contributed by atoms with Gasteiger partial charge in [0.25, 0.3) is 0 Å². The van der Waals surface area contributed by atoms with Gasteiger partial charge in [0.1, 0.15) is 0 Å². The quantitative estimate of drug-likeness (QED) is 0.702. The zero-order valence-electron chi connectivity index (χ0n) is 13.2. The van der Waals surface area contributed by atoms with Crippen LogP contribution in [0.3, 0.4) is 0 Å². The molecule has 2 saturated carbocycles. The van der Waals surface area contributed by atoms with Gasteiger partial charge in [-0.3, -0.25) is 0 Å². The molecule has 116 valence electrons. The van der Waals surface area contributed by atoms with Gasteiger partial charge in [-0.15, -0.1) is 0 Å². The first-order chi connectivity index (χ1) is 9.80. The van der Waals surface area contributed by atoms with E-state index in [1.165, 1.54) is 58.2 Å². The van der Waals surface area contributed by atoms with Crippen molar-refractivity contribution < 1.29 is 4.74 Å². The van der Waals surface area contributed by atoms with Crippen molar-refractivity contribution in [3.05, 3.63) is 0 Å². The van der Waals surface area contributed by atoms with Gasteiger partial charge in [-0.25, -0.2) is 0 Å². The third kappa shape index (κ3) is 4.44. The molecule has 3 rings (SSSR count). The summed E-state index contributed by atoms with van der Waals surface area (Å²) in [5.41, 5.74) is 0.373. The molecule has 1 atom stereocenters. The zero-order chi connectivity index (χ0) is 13.8. The molecule has 3 heteroatoms. The van der Waals surface area contributed by atoms with Crippen molar-refractivity contribution in [1.82, 2.24) is 10.2 Å². The van der Waals surface area contributed by atoms with E-state index >= 15 is 0 Å². The Kier molecular flexibility index (Phi) is 5.00. The van der Waals surface area contributed by atoms with Crippen LogP contribution in [0.5, 0.6) is 0 Å². The monoisotopic (exact) mass is 280 g/mol. The molecule has 1 unspecified atom stereocenters. The van der Waals surface area contributed by atoms with Gasteiger partial charge in [-0.05, 0) is 56.9 Å². The molecular formula is C17H32N2O. The number of rotatable bonds is 9. The number of nitrogens with zero attached hydrogens (tertiary/aromatic N) is 1. The Morgan fingerprint density at radius 1 is 1.15 bits per heavy atom. The van der Waals surface area contributed by atoms with Crippen LogP contribution in [0.15, 0.2) is 0 Å². The standard InChI is InChI=1S/C17H32N2O/c1-2-18-12-17(8-3-9-20-14-17)13-19(10-15-4-5-15)11-16-6-7-16/h15-16,18H,2-14H2,1H3. The third-order valence-electron chi connectivity index (χ3n) is 5.14. The molecule has 1 aliphatic heterocycles. The minimum atomic E-state index is 0.373. The maximum absolute atomic E-state index is 5.86. The predicted octanol–water partition coefficient (Wildman–Crippen LogP) is 2.51. The topological polar surface area (TPSA) is 24.5 Å². The van der Waals surface area contributed by atoms with Crippen LogP contribution in [-0.4, -0.2) is 50.8 Å². The first kappa shape index (κ1) is 14.8. The van der Waals surface area contributed by atoms with E-state index in [2.05, 4.69) is 17.1 Å². The molecule has 0 bridgehead atoms. The molecule has 0 aromatic rings. The number of ether oxygens (including phenoxy) is 1. The molecule has 3 nitrogen and oxygen atoms in total. The van der Waals surface area contributed by atoms with E-state index in [1.807, 2.05) is 0 Å². The van der Waals surface area contributed by atoms with E-state index in [0.29, 0.717) is 5.41 Å². The van der Waals surface area contributed by atoms with E-state index < -0.39 is 0 Å². The molecule has 0 radical (unpaired) electrons. The average Bonchev–Trinajstić information content (AvgIpc) is 3.34. The van der Waals surface area contributed by atoms with Crippen molar-refractivity contribution in [3.8, 4) is 0 Å². The van der Waals surface area contributed by atoms with Crippen LogP contribution in [0.1, 0.15) is 45.4 Å². The first-order valence-corrected chi connectivity index (χ1v) is 8.80. The summed E-state index contributed by atoms with van der Waals surface area (Å²) >= 11 is 0. The lowest BCUT2D eigenvalue weighted by atomic mass is 9.81. The van der Waals surface area contributed by atoms with Crippen molar-refractivity contribution in [3.63, 3.8) is 0 Å². The summed E-state index contributed by atoms with van der Waals surface area (Å²) in [4.78, 5) is 2.79. The van der Waals surface area contributed by atoms with Gasteiger partial charge in [-0.2, -0.15) is 0 Å². The molecule has 1 heterocycles. The second kappa shape index (κ2) is 6.76. The first-order valence-electron chi connectivity index (χ1n) is 8.80. The number of hydrogen-bond acceptors (Lipinski definition) is 3. The van der Waals surface area contributed by atoms with Crippen molar-refractivity contribution in [2.24, 2.45) is 17.3 Å². The van der Waals surface area contributed by atoms with E-state index in [-0.39, 0.29) is 0 Å². The SMILES string of the molecule is CCNCC1(CN(CC2CC2)CC2CC2)CCCOC1. The van der Waals surface area contributed by atoms with Gasteiger partial charge in [0.05, 0.1) is 6.61 Å². The van der Waals surface area contributed by atoms with Crippen LogP contribution < -0.4 is 5.32 Å². The smallest absolute Gasteiger partial charge is 0.0546 e. The minimum absolute atomic E-state index is 0.373. The Balaban J connectivity index is 1.57. The molecule has 0 spiro atoms. The van der Waals surface area contributed by atoms with Crippen molar-refractivity contribution in [2.75, 3.05) is 45.9 Å². The highest BCUT2D eigenvalue weighted by atomic mass is 16.5. The van der Waals surface area contributed by atoms with Gasteiger partial charge in [0.15, 0.2) is 0 Å². The van der Waals surface area contributed by atoms with Gasteiger partial charge < -0.3 is 15.0 Å². The summed E-state index contributed by atoms with van der Waals surface area (Å²) in [6, 6.07) is 0. The van der Waals surface area contributed by atoms with Crippen molar-refractivity contribution in [1.29, 1.82) is 0 Å². The largest absolute Gasteiger partial charge is 0.381 e. The molecule has 1 saturated heterocycles. The molecule has 0 aromatic carbocycles. The summed E-state index contributed by atoms with van der Waals surface area (Å²) in [5.74, 6) is 2.02. The Labute approximate surface area is 124 Å². The molecule has 1 N–H and O–H groups in total. The normalized spacial score (nSPS) is 30.9. The van der Waals surface area contributed by atoms with E-state index in [4.69, 9.17) is 4.74 Å². The molecular weight excluding hydrogens is 248 g/mol. The van der Waals surface area contributed by atoms with E-state index in [9.17, 15) is 0 Å². The fraction of sp³-hybridized carbons (Fsp3) is 1.00. The summed E-state index contributed by atoms with van der Waals surface area (Å²) in [7, 11) is 0. The number of nitrogens with one attached hydrogen (secondary N) is 1. The second-order valence-electron chi connectivity index (χ2n) is 7.52. The van der Waals surface area contributed by atoms with Crippen molar-refractivity contribution >= 4 is 0 Å². The molecule has 2 aliphatic carbocycles. The lowest BCUT2D eigenvalue weighted by Crippen LogP contribution is -2.49. The van der Waals surface area contributed by atoms with Crippen LogP contribution in [0.25, 0.3) is 0 Å². The van der Waals surface area contributed by atoms with Gasteiger partial charge >= 0.3 is 0 Å². The summed E-state index contributed by atoms with van der Waals surface area (Å²) < 4.78 is 5.86. The molecule has 3 aliphatic rings. The number of hydrogen-bond donors (Lipinski definition) is 1. The lowest BCUT2D eigenvalue weighted by Gasteiger charge is -2.41. The average molecular weight is 280 g/mol. The highest BCUT2D eigenvalue weighted by molar-refractivity contribution is 4.90. The van der Waals surface area contributed by atoms with Crippen LogP contribution in [-0.2, 0) is 4.74 Å². The zero-order valence-corrected chi connectivity index (χ0v) is 13.2. The summed E-state index contributed by atoms with van der Waals surface area (Å²) in [6.07, 6.45) is 8.46. The summed E-state index contributed by atoms with van der Waals surface area (Å²) in [6.45, 7) is 10.3. The maximum Gasteiger partial charge on any atom is 0.0546 e.